The lowest BCUT2D eigenvalue weighted by Crippen LogP contribution is -2.29. The zero-order chi connectivity index (χ0) is 18.3. The van der Waals surface area contributed by atoms with Crippen molar-refractivity contribution in [3.63, 3.8) is 0 Å². The predicted octanol–water partition coefficient (Wildman–Crippen LogP) is 3.73. The van der Waals surface area contributed by atoms with E-state index in [4.69, 9.17) is 0 Å². The third-order valence-corrected chi connectivity index (χ3v) is 5.97. The quantitative estimate of drug-likeness (QED) is 0.705. The van der Waals surface area contributed by atoms with Gasteiger partial charge in [-0.15, -0.1) is 0 Å². The van der Waals surface area contributed by atoms with E-state index in [-0.39, 0.29) is 5.82 Å². The normalized spacial score (nSPS) is 14.5. The molecule has 4 rings (SSSR count). The number of nitrogens with zero attached hydrogens (tertiary/aromatic N) is 2. The SMILES string of the molecule is CS(=O)(=O)c1ccc2c(c1)CCCN2Cc1ccc(F)c2cccnc12. The molecule has 3 aromatic rings. The third kappa shape index (κ3) is 3.05. The van der Waals surface area contributed by atoms with Gasteiger partial charge in [-0.2, -0.15) is 0 Å². The van der Waals surface area contributed by atoms with Gasteiger partial charge in [0.15, 0.2) is 9.84 Å². The number of benzene rings is 2. The van der Waals surface area contributed by atoms with Gasteiger partial charge in [0.2, 0.25) is 0 Å². The summed E-state index contributed by atoms with van der Waals surface area (Å²) < 4.78 is 37.7. The number of fused-ring (bicyclic) bond motifs is 2. The zero-order valence-corrected chi connectivity index (χ0v) is 15.3. The Morgan fingerprint density at radius 3 is 2.85 bits per heavy atom. The summed E-state index contributed by atoms with van der Waals surface area (Å²) in [6.07, 6.45) is 4.71. The van der Waals surface area contributed by atoms with E-state index in [1.165, 1.54) is 12.3 Å². The molecule has 0 bridgehead atoms. The van der Waals surface area contributed by atoms with E-state index in [0.717, 1.165) is 36.2 Å². The summed E-state index contributed by atoms with van der Waals surface area (Å²) in [6, 6.07) is 12.1. The van der Waals surface area contributed by atoms with Crippen molar-refractivity contribution in [1.29, 1.82) is 0 Å². The van der Waals surface area contributed by atoms with Crippen molar-refractivity contribution in [1.82, 2.24) is 4.98 Å². The fourth-order valence-corrected chi connectivity index (χ4v) is 4.25. The molecule has 1 aliphatic rings. The Hall–Kier alpha value is -2.47. The largest absolute Gasteiger partial charge is 0.367 e. The van der Waals surface area contributed by atoms with E-state index in [2.05, 4.69) is 9.88 Å². The van der Waals surface area contributed by atoms with Gasteiger partial charge in [-0.25, -0.2) is 12.8 Å². The van der Waals surface area contributed by atoms with Gasteiger partial charge in [0.05, 0.1) is 10.4 Å². The number of sulfone groups is 1. The van der Waals surface area contributed by atoms with Crippen molar-refractivity contribution in [2.24, 2.45) is 0 Å². The van der Waals surface area contributed by atoms with Crippen LogP contribution in [0.5, 0.6) is 0 Å². The number of aryl methyl sites for hydroxylation is 1. The topological polar surface area (TPSA) is 50.3 Å². The summed E-state index contributed by atoms with van der Waals surface area (Å²) in [5.41, 5.74) is 3.71. The Morgan fingerprint density at radius 1 is 1.19 bits per heavy atom. The third-order valence-electron chi connectivity index (χ3n) is 4.86. The number of aromatic nitrogens is 1. The van der Waals surface area contributed by atoms with Gasteiger partial charge in [0, 0.05) is 36.6 Å². The van der Waals surface area contributed by atoms with E-state index in [1.54, 1.807) is 36.5 Å². The van der Waals surface area contributed by atoms with Crippen LogP contribution in [0.25, 0.3) is 10.9 Å². The van der Waals surface area contributed by atoms with Crippen LogP contribution in [0.4, 0.5) is 10.1 Å². The molecule has 0 saturated heterocycles. The molecular formula is C20H19FN2O2S. The van der Waals surface area contributed by atoms with Crippen LogP contribution in [-0.4, -0.2) is 26.2 Å². The number of pyridine rings is 1. The highest BCUT2D eigenvalue weighted by molar-refractivity contribution is 7.90. The Labute approximate surface area is 152 Å². The molecular weight excluding hydrogens is 351 g/mol. The molecule has 0 amide bonds. The molecule has 0 fully saturated rings. The minimum atomic E-state index is -3.22. The first-order valence-electron chi connectivity index (χ1n) is 8.53. The number of hydrogen-bond donors (Lipinski definition) is 0. The van der Waals surface area contributed by atoms with E-state index in [9.17, 15) is 12.8 Å². The van der Waals surface area contributed by atoms with Gasteiger partial charge < -0.3 is 4.90 Å². The van der Waals surface area contributed by atoms with Crippen LogP contribution in [0, 0.1) is 5.82 Å². The van der Waals surface area contributed by atoms with E-state index in [1.807, 2.05) is 6.07 Å². The van der Waals surface area contributed by atoms with Crippen molar-refractivity contribution in [3.05, 3.63) is 65.6 Å². The lowest BCUT2D eigenvalue weighted by molar-refractivity contribution is 0.601. The van der Waals surface area contributed by atoms with Gasteiger partial charge in [-0.05, 0) is 60.4 Å². The minimum absolute atomic E-state index is 0.270. The lowest BCUT2D eigenvalue weighted by atomic mass is 10.0. The molecule has 0 atom stereocenters. The summed E-state index contributed by atoms with van der Waals surface area (Å²) in [6.45, 7) is 1.48. The van der Waals surface area contributed by atoms with E-state index < -0.39 is 9.84 Å². The molecule has 0 N–H and O–H groups in total. The van der Waals surface area contributed by atoms with E-state index >= 15 is 0 Å². The van der Waals surface area contributed by atoms with Crippen LogP contribution in [0.1, 0.15) is 17.5 Å². The monoisotopic (exact) mass is 370 g/mol. The second-order valence-electron chi connectivity index (χ2n) is 6.69. The zero-order valence-electron chi connectivity index (χ0n) is 14.4. The van der Waals surface area contributed by atoms with Crippen molar-refractivity contribution < 1.29 is 12.8 Å². The molecule has 6 heteroatoms. The summed E-state index contributed by atoms with van der Waals surface area (Å²) in [5, 5.41) is 0.523. The lowest BCUT2D eigenvalue weighted by Gasteiger charge is -2.32. The number of hydrogen-bond acceptors (Lipinski definition) is 4. The molecule has 26 heavy (non-hydrogen) atoms. The van der Waals surface area contributed by atoms with E-state index in [0.29, 0.717) is 22.3 Å². The molecule has 0 saturated carbocycles. The molecule has 134 valence electrons. The first-order chi connectivity index (χ1) is 12.4. The highest BCUT2D eigenvalue weighted by atomic mass is 32.2. The molecule has 0 spiro atoms. The van der Waals surface area contributed by atoms with Gasteiger partial charge in [0.25, 0.3) is 0 Å². The van der Waals surface area contributed by atoms with Crippen LogP contribution < -0.4 is 4.90 Å². The van der Waals surface area contributed by atoms with Crippen LogP contribution in [0.3, 0.4) is 0 Å². The van der Waals surface area contributed by atoms with Gasteiger partial charge in [-0.1, -0.05) is 6.07 Å². The summed E-state index contributed by atoms with van der Waals surface area (Å²) in [4.78, 5) is 6.93. The maximum Gasteiger partial charge on any atom is 0.175 e. The van der Waals surface area contributed by atoms with Gasteiger partial charge in [0.1, 0.15) is 5.82 Å². The molecule has 1 aliphatic heterocycles. The second-order valence-corrected chi connectivity index (χ2v) is 8.71. The van der Waals surface area contributed by atoms with Gasteiger partial charge >= 0.3 is 0 Å². The molecule has 0 unspecified atom stereocenters. The van der Waals surface area contributed by atoms with Crippen molar-refractivity contribution in [3.8, 4) is 0 Å². The fraction of sp³-hybridized carbons (Fsp3) is 0.250. The molecule has 1 aromatic heterocycles. The van der Waals surface area contributed by atoms with Crippen molar-refractivity contribution in [2.45, 2.75) is 24.3 Å². The number of halogens is 1. The Balaban J connectivity index is 1.73. The summed E-state index contributed by atoms with van der Waals surface area (Å²) >= 11 is 0. The molecule has 0 aliphatic carbocycles. The van der Waals surface area contributed by atoms with Crippen LogP contribution >= 0.6 is 0 Å². The second kappa shape index (κ2) is 6.36. The molecule has 2 aromatic carbocycles. The average Bonchev–Trinajstić information content (AvgIpc) is 2.63. The maximum absolute atomic E-state index is 14.0. The van der Waals surface area contributed by atoms with Crippen molar-refractivity contribution >= 4 is 26.4 Å². The fourth-order valence-electron chi connectivity index (χ4n) is 3.58. The Kier molecular flexibility index (Phi) is 4.15. The van der Waals surface area contributed by atoms with Crippen molar-refractivity contribution in [2.75, 3.05) is 17.7 Å². The minimum Gasteiger partial charge on any atom is -0.367 e. The smallest absolute Gasteiger partial charge is 0.175 e. The standard InChI is InChI=1S/C20H19FN2O2S/c1-26(24,25)16-7-9-19-14(12-16)4-3-11-23(19)13-15-6-8-18(21)17-5-2-10-22-20(15)17/h2,5-10,12H,3-4,11,13H2,1H3. The van der Waals surface area contributed by atoms with Gasteiger partial charge in [-0.3, -0.25) is 4.98 Å². The Morgan fingerprint density at radius 2 is 2.04 bits per heavy atom. The number of rotatable bonds is 3. The summed E-state index contributed by atoms with van der Waals surface area (Å²) in [5.74, 6) is -0.270. The average molecular weight is 370 g/mol. The summed E-state index contributed by atoms with van der Waals surface area (Å²) in [7, 11) is -3.22. The molecule has 4 nitrogen and oxygen atoms in total. The Bertz CT molecular complexity index is 1100. The molecule has 2 heterocycles. The first-order valence-corrected chi connectivity index (χ1v) is 10.4. The first kappa shape index (κ1) is 17.0. The van der Waals surface area contributed by atoms with Crippen LogP contribution in [0.2, 0.25) is 0 Å². The highest BCUT2D eigenvalue weighted by Crippen LogP contribution is 2.31. The highest BCUT2D eigenvalue weighted by Gasteiger charge is 2.20. The van der Waals surface area contributed by atoms with Crippen LogP contribution in [-0.2, 0) is 22.8 Å². The predicted molar refractivity (Wildman–Crippen MR) is 101 cm³/mol. The number of anilines is 1. The molecule has 0 radical (unpaired) electrons. The van der Waals surface area contributed by atoms with Crippen LogP contribution in [0.15, 0.2) is 53.6 Å². The maximum atomic E-state index is 14.0.